The lowest BCUT2D eigenvalue weighted by Gasteiger charge is -2.13. The molecule has 0 saturated carbocycles. The first kappa shape index (κ1) is 12.7. The van der Waals surface area contributed by atoms with Crippen LogP contribution in [0.5, 0.6) is 0 Å². The molecule has 0 aliphatic carbocycles. The Hall–Kier alpha value is -1.74. The Balaban J connectivity index is 2.32. The van der Waals surface area contributed by atoms with Gasteiger partial charge < -0.3 is 4.74 Å². The second-order valence-electron chi connectivity index (χ2n) is 4.29. The van der Waals surface area contributed by atoms with Crippen molar-refractivity contribution >= 4 is 16.7 Å². The van der Waals surface area contributed by atoms with Crippen LogP contribution in [0.15, 0.2) is 36.5 Å². The molecule has 94 valence electrons. The number of Topliss-reactive ketones (excluding diaryl/α,β-unsaturated/α-hetero) is 1. The maximum absolute atomic E-state index is 12.3. The number of ketones is 1. The maximum Gasteiger partial charge on any atom is 0.191 e. The molecule has 3 nitrogen and oxygen atoms in total. The van der Waals surface area contributed by atoms with Gasteiger partial charge in [0.05, 0.1) is 5.52 Å². The van der Waals surface area contributed by atoms with Crippen LogP contribution in [-0.2, 0) is 4.74 Å². The van der Waals surface area contributed by atoms with Crippen LogP contribution in [-0.4, -0.2) is 24.0 Å². The SMILES string of the molecule is CCCC(OC)C(=O)c1ccc2cccnc2c1. The van der Waals surface area contributed by atoms with E-state index in [9.17, 15) is 4.79 Å². The smallest absolute Gasteiger partial charge is 0.191 e. The van der Waals surface area contributed by atoms with E-state index in [1.165, 1.54) is 0 Å². The topological polar surface area (TPSA) is 39.2 Å². The van der Waals surface area contributed by atoms with Gasteiger partial charge in [0.15, 0.2) is 5.78 Å². The molecule has 1 atom stereocenters. The molecule has 0 spiro atoms. The first-order chi connectivity index (χ1) is 8.76. The summed E-state index contributed by atoms with van der Waals surface area (Å²) in [6.45, 7) is 2.04. The van der Waals surface area contributed by atoms with E-state index in [4.69, 9.17) is 4.74 Å². The Morgan fingerprint density at radius 2 is 2.22 bits per heavy atom. The van der Waals surface area contributed by atoms with E-state index >= 15 is 0 Å². The van der Waals surface area contributed by atoms with Gasteiger partial charge in [-0.25, -0.2) is 0 Å². The number of methoxy groups -OCH3 is 1. The molecular formula is C15H17NO2. The second kappa shape index (κ2) is 5.74. The molecule has 0 radical (unpaired) electrons. The maximum atomic E-state index is 12.3. The zero-order valence-electron chi connectivity index (χ0n) is 10.7. The third-order valence-corrected chi connectivity index (χ3v) is 3.02. The second-order valence-corrected chi connectivity index (χ2v) is 4.29. The van der Waals surface area contributed by atoms with Gasteiger partial charge in [0.25, 0.3) is 0 Å². The van der Waals surface area contributed by atoms with Crippen LogP contribution in [0, 0.1) is 0 Å². The monoisotopic (exact) mass is 243 g/mol. The Kier molecular flexibility index (Phi) is 4.05. The van der Waals surface area contributed by atoms with Gasteiger partial charge in [0.1, 0.15) is 6.10 Å². The number of carbonyl (C=O) groups excluding carboxylic acids is 1. The molecule has 0 bridgehead atoms. The molecule has 1 aromatic carbocycles. The highest BCUT2D eigenvalue weighted by Crippen LogP contribution is 2.16. The minimum atomic E-state index is -0.351. The summed E-state index contributed by atoms with van der Waals surface area (Å²) in [5.41, 5.74) is 1.51. The fourth-order valence-electron chi connectivity index (χ4n) is 2.02. The molecule has 2 aromatic rings. The van der Waals surface area contributed by atoms with Crippen molar-refractivity contribution in [3.05, 3.63) is 42.1 Å². The number of nitrogens with zero attached hydrogens (tertiary/aromatic N) is 1. The molecule has 0 aliphatic heterocycles. The highest BCUT2D eigenvalue weighted by Gasteiger charge is 2.18. The summed E-state index contributed by atoms with van der Waals surface area (Å²) < 4.78 is 5.25. The van der Waals surface area contributed by atoms with Gasteiger partial charge in [-0.3, -0.25) is 9.78 Å². The van der Waals surface area contributed by atoms with E-state index in [-0.39, 0.29) is 11.9 Å². The summed E-state index contributed by atoms with van der Waals surface area (Å²) in [7, 11) is 1.58. The van der Waals surface area contributed by atoms with Crippen LogP contribution in [0.25, 0.3) is 10.9 Å². The third-order valence-electron chi connectivity index (χ3n) is 3.02. The lowest BCUT2D eigenvalue weighted by atomic mass is 10.0. The van der Waals surface area contributed by atoms with Crippen LogP contribution in [0.2, 0.25) is 0 Å². The van der Waals surface area contributed by atoms with Crippen LogP contribution in [0.1, 0.15) is 30.1 Å². The molecule has 1 heterocycles. The average molecular weight is 243 g/mol. The third kappa shape index (κ3) is 2.57. The predicted octanol–water partition coefficient (Wildman–Crippen LogP) is 3.23. The quantitative estimate of drug-likeness (QED) is 0.757. The molecule has 0 amide bonds. The Labute approximate surface area is 107 Å². The summed E-state index contributed by atoms with van der Waals surface area (Å²) >= 11 is 0. The number of hydrogen-bond acceptors (Lipinski definition) is 3. The number of rotatable bonds is 5. The lowest BCUT2D eigenvalue weighted by Crippen LogP contribution is -2.22. The molecule has 3 heteroatoms. The molecule has 18 heavy (non-hydrogen) atoms. The van der Waals surface area contributed by atoms with Crippen molar-refractivity contribution in [3.8, 4) is 0 Å². The molecule has 2 rings (SSSR count). The molecule has 0 fully saturated rings. The molecule has 1 aromatic heterocycles. The Bertz CT molecular complexity index is 551. The first-order valence-corrected chi connectivity index (χ1v) is 6.18. The van der Waals surface area contributed by atoms with Crippen LogP contribution >= 0.6 is 0 Å². The largest absolute Gasteiger partial charge is 0.373 e. The molecule has 0 saturated heterocycles. The van der Waals surface area contributed by atoms with Gasteiger partial charge in [-0.15, -0.1) is 0 Å². The minimum absolute atomic E-state index is 0.0342. The molecule has 1 unspecified atom stereocenters. The zero-order chi connectivity index (χ0) is 13.0. The Morgan fingerprint density at radius 1 is 1.39 bits per heavy atom. The molecule has 0 aliphatic rings. The van der Waals surface area contributed by atoms with Gasteiger partial charge in [0.2, 0.25) is 0 Å². The van der Waals surface area contributed by atoms with Gasteiger partial charge in [-0.05, 0) is 18.6 Å². The normalized spacial score (nSPS) is 12.6. The zero-order valence-corrected chi connectivity index (χ0v) is 10.7. The molecular weight excluding hydrogens is 226 g/mol. The van der Waals surface area contributed by atoms with Crippen LogP contribution in [0.3, 0.4) is 0 Å². The highest BCUT2D eigenvalue weighted by atomic mass is 16.5. The van der Waals surface area contributed by atoms with Crippen LogP contribution in [0.4, 0.5) is 0 Å². The van der Waals surface area contributed by atoms with E-state index in [1.54, 1.807) is 13.3 Å². The first-order valence-electron chi connectivity index (χ1n) is 6.18. The molecule has 0 N–H and O–H groups in total. The van der Waals surface area contributed by atoms with Crippen molar-refractivity contribution in [1.29, 1.82) is 0 Å². The van der Waals surface area contributed by atoms with Crippen LogP contribution < -0.4 is 0 Å². The number of benzene rings is 1. The number of aromatic nitrogens is 1. The number of ether oxygens (including phenoxy) is 1. The highest BCUT2D eigenvalue weighted by molar-refractivity contribution is 6.02. The van der Waals surface area contributed by atoms with Gasteiger partial charge in [-0.2, -0.15) is 0 Å². The summed E-state index contributed by atoms with van der Waals surface area (Å²) in [5, 5.41) is 1.04. The van der Waals surface area contributed by atoms with Crippen molar-refractivity contribution in [2.24, 2.45) is 0 Å². The van der Waals surface area contributed by atoms with Crippen molar-refractivity contribution in [1.82, 2.24) is 4.98 Å². The summed E-state index contributed by atoms with van der Waals surface area (Å²) in [5.74, 6) is 0.0342. The standard InChI is InChI=1S/C15H17NO2/c1-3-5-14(18-2)15(17)12-8-7-11-6-4-9-16-13(11)10-12/h4,6-10,14H,3,5H2,1-2H3. The van der Waals surface area contributed by atoms with Crippen molar-refractivity contribution in [2.75, 3.05) is 7.11 Å². The van der Waals surface area contributed by atoms with E-state index in [2.05, 4.69) is 4.98 Å². The van der Waals surface area contributed by atoms with Crippen molar-refractivity contribution in [3.63, 3.8) is 0 Å². The number of fused-ring (bicyclic) bond motifs is 1. The van der Waals surface area contributed by atoms with Gasteiger partial charge in [0, 0.05) is 24.3 Å². The fourth-order valence-corrected chi connectivity index (χ4v) is 2.02. The van der Waals surface area contributed by atoms with Crippen molar-refractivity contribution in [2.45, 2.75) is 25.9 Å². The van der Waals surface area contributed by atoms with E-state index in [1.807, 2.05) is 37.3 Å². The number of carbonyl (C=O) groups is 1. The minimum Gasteiger partial charge on any atom is -0.373 e. The average Bonchev–Trinajstić information content (AvgIpc) is 2.43. The van der Waals surface area contributed by atoms with Crippen molar-refractivity contribution < 1.29 is 9.53 Å². The van der Waals surface area contributed by atoms with E-state index in [0.717, 1.165) is 23.7 Å². The summed E-state index contributed by atoms with van der Waals surface area (Å²) in [6, 6.07) is 9.47. The lowest BCUT2D eigenvalue weighted by molar-refractivity contribution is 0.0579. The van der Waals surface area contributed by atoms with E-state index in [0.29, 0.717) is 5.56 Å². The fraction of sp³-hybridized carbons (Fsp3) is 0.333. The number of hydrogen-bond donors (Lipinski definition) is 0. The predicted molar refractivity (Wildman–Crippen MR) is 71.8 cm³/mol. The summed E-state index contributed by atoms with van der Waals surface area (Å²) in [6.07, 6.45) is 3.05. The summed E-state index contributed by atoms with van der Waals surface area (Å²) in [4.78, 5) is 16.5. The van der Waals surface area contributed by atoms with Gasteiger partial charge >= 0.3 is 0 Å². The van der Waals surface area contributed by atoms with E-state index < -0.39 is 0 Å². The number of pyridine rings is 1. The Morgan fingerprint density at radius 3 is 2.94 bits per heavy atom. The van der Waals surface area contributed by atoms with Gasteiger partial charge in [-0.1, -0.05) is 31.5 Å².